The molecule has 0 bridgehead atoms. The number of rotatable bonds is 5. The van der Waals surface area contributed by atoms with E-state index in [0.29, 0.717) is 5.69 Å². The lowest BCUT2D eigenvalue weighted by atomic mass is 10.2. The summed E-state index contributed by atoms with van der Waals surface area (Å²) in [5.41, 5.74) is 0.938. The van der Waals surface area contributed by atoms with Gasteiger partial charge in [0.25, 0.3) is 0 Å². The molecular formula is C11H17N3O2. The zero-order chi connectivity index (χ0) is 12.1. The highest BCUT2D eigenvalue weighted by Gasteiger charge is 2.12. The van der Waals surface area contributed by atoms with Gasteiger partial charge in [-0.1, -0.05) is 0 Å². The van der Waals surface area contributed by atoms with Crippen LogP contribution in [0.1, 0.15) is 10.4 Å². The van der Waals surface area contributed by atoms with Crippen LogP contribution >= 0.6 is 0 Å². The normalized spacial score (nSPS) is 10.5. The fourth-order valence-corrected chi connectivity index (χ4v) is 1.34. The number of carbonyl (C=O) groups is 1. The topological polar surface area (TPSA) is 56.7 Å². The number of likely N-dealkylation sites (N-methyl/N-ethyl adjacent to an activating group) is 2. The molecule has 0 aliphatic rings. The maximum absolute atomic E-state index is 11.0. The van der Waals surface area contributed by atoms with Gasteiger partial charge in [0.15, 0.2) is 0 Å². The van der Waals surface area contributed by atoms with Crippen LogP contribution in [0.5, 0.6) is 0 Å². The van der Waals surface area contributed by atoms with E-state index in [0.717, 1.165) is 13.1 Å². The lowest BCUT2D eigenvalue weighted by molar-refractivity contribution is 0.0697. The van der Waals surface area contributed by atoms with Crippen LogP contribution in [0.25, 0.3) is 0 Å². The van der Waals surface area contributed by atoms with Gasteiger partial charge in [0.05, 0.1) is 17.4 Å². The molecule has 1 heterocycles. The van der Waals surface area contributed by atoms with Crippen LogP contribution in [0, 0.1) is 0 Å². The molecule has 16 heavy (non-hydrogen) atoms. The standard InChI is InChI=1S/C11H17N3O2/c1-13(2)6-7-14(3)10-8-12-5-4-9(10)11(15)16/h4-5,8H,6-7H2,1-3H3,(H,15,16). The molecule has 0 spiro atoms. The first-order valence-corrected chi connectivity index (χ1v) is 5.05. The Morgan fingerprint density at radius 1 is 1.38 bits per heavy atom. The van der Waals surface area contributed by atoms with E-state index in [9.17, 15) is 4.79 Å². The average molecular weight is 223 g/mol. The van der Waals surface area contributed by atoms with Crippen LogP contribution in [0.15, 0.2) is 18.5 Å². The SMILES string of the molecule is CN(C)CCN(C)c1cnccc1C(=O)O. The molecule has 0 fully saturated rings. The Morgan fingerprint density at radius 2 is 2.06 bits per heavy atom. The van der Waals surface area contributed by atoms with Crippen LogP contribution in [-0.2, 0) is 0 Å². The summed E-state index contributed by atoms with van der Waals surface area (Å²) in [6.45, 7) is 1.63. The molecule has 88 valence electrons. The molecule has 0 amide bonds. The lowest BCUT2D eigenvalue weighted by Crippen LogP contribution is -2.29. The van der Waals surface area contributed by atoms with E-state index in [2.05, 4.69) is 4.98 Å². The Kier molecular flexibility index (Phi) is 4.25. The van der Waals surface area contributed by atoms with Crippen molar-refractivity contribution in [2.24, 2.45) is 0 Å². The van der Waals surface area contributed by atoms with Crippen LogP contribution in [0.2, 0.25) is 0 Å². The zero-order valence-corrected chi connectivity index (χ0v) is 9.84. The van der Waals surface area contributed by atoms with Crippen molar-refractivity contribution in [3.8, 4) is 0 Å². The highest BCUT2D eigenvalue weighted by molar-refractivity contribution is 5.94. The summed E-state index contributed by atoms with van der Waals surface area (Å²) in [4.78, 5) is 18.9. The van der Waals surface area contributed by atoms with E-state index in [-0.39, 0.29) is 5.56 Å². The molecule has 0 aromatic carbocycles. The van der Waals surface area contributed by atoms with Crippen LogP contribution < -0.4 is 4.90 Å². The molecule has 5 nitrogen and oxygen atoms in total. The second kappa shape index (κ2) is 5.46. The third-order valence-corrected chi connectivity index (χ3v) is 2.32. The van der Waals surface area contributed by atoms with Gasteiger partial charge in [0.1, 0.15) is 0 Å². The van der Waals surface area contributed by atoms with Gasteiger partial charge >= 0.3 is 5.97 Å². The van der Waals surface area contributed by atoms with Crippen LogP contribution in [-0.4, -0.2) is 55.2 Å². The van der Waals surface area contributed by atoms with E-state index in [1.807, 2.05) is 30.9 Å². The number of nitrogens with zero attached hydrogens (tertiary/aromatic N) is 3. The lowest BCUT2D eigenvalue weighted by Gasteiger charge is -2.22. The summed E-state index contributed by atoms with van der Waals surface area (Å²) in [5.74, 6) is -0.922. The summed E-state index contributed by atoms with van der Waals surface area (Å²) in [6.07, 6.45) is 3.08. The number of hydrogen-bond donors (Lipinski definition) is 1. The Balaban J connectivity index is 2.82. The second-order valence-electron chi connectivity index (χ2n) is 3.92. The van der Waals surface area contributed by atoms with Crippen molar-refractivity contribution in [1.82, 2.24) is 9.88 Å². The Hall–Kier alpha value is -1.62. The second-order valence-corrected chi connectivity index (χ2v) is 3.92. The zero-order valence-electron chi connectivity index (χ0n) is 9.84. The molecule has 1 aromatic heterocycles. The number of carboxylic acids is 1. The van der Waals surface area contributed by atoms with Gasteiger partial charge in [-0.25, -0.2) is 4.79 Å². The maximum atomic E-state index is 11.0. The Bertz CT molecular complexity index is 366. The van der Waals surface area contributed by atoms with Crippen LogP contribution in [0.3, 0.4) is 0 Å². The minimum Gasteiger partial charge on any atom is -0.478 e. The van der Waals surface area contributed by atoms with Gasteiger partial charge in [-0.2, -0.15) is 0 Å². The van der Waals surface area contributed by atoms with Gasteiger partial charge in [-0.15, -0.1) is 0 Å². The Labute approximate surface area is 95.3 Å². The van der Waals surface area contributed by atoms with Crippen molar-refractivity contribution < 1.29 is 9.90 Å². The molecular weight excluding hydrogens is 206 g/mol. The number of anilines is 1. The maximum Gasteiger partial charge on any atom is 0.337 e. The highest BCUT2D eigenvalue weighted by Crippen LogP contribution is 2.17. The van der Waals surface area contributed by atoms with Gasteiger partial charge in [0, 0.05) is 26.3 Å². The summed E-state index contributed by atoms with van der Waals surface area (Å²) in [5, 5.41) is 9.03. The molecule has 0 unspecified atom stereocenters. The van der Waals surface area contributed by atoms with Crippen molar-refractivity contribution in [3.63, 3.8) is 0 Å². The van der Waals surface area contributed by atoms with Crippen molar-refractivity contribution in [1.29, 1.82) is 0 Å². The number of aromatic carboxylic acids is 1. The summed E-state index contributed by atoms with van der Waals surface area (Å²) in [6, 6.07) is 1.52. The largest absolute Gasteiger partial charge is 0.478 e. The van der Waals surface area contributed by atoms with Crippen molar-refractivity contribution >= 4 is 11.7 Å². The predicted molar refractivity (Wildman–Crippen MR) is 63.0 cm³/mol. The van der Waals surface area contributed by atoms with Gasteiger partial charge in [-0.05, 0) is 20.2 Å². The third kappa shape index (κ3) is 3.20. The van der Waals surface area contributed by atoms with Crippen molar-refractivity contribution in [2.45, 2.75) is 0 Å². The van der Waals surface area contributed by atoms with E-state index < -0.39 is 5.97 Å². The molecule has 1 rings (SSSR count). The summed E-state index contributed by atoms with van der Waals surface area (Å²) >= 11 is 0. The minimum atomic E-state index is -0.922. The van der Waals surface area contributed by atoms with E-state index in [1.54, 1.807) is 6.20 Å². The first-order valence-electron chi connectivity index (χ1n) is 5.05. The molecule has 5 heteroatoms. The molecule has 0 aliphatic heterocycles. The smallest absolute Gasteiger partial charge is 0.337 e. The van der Waals surface area contributed by atoms with E-state index in [1.165, 1.54) is 12.3 Å². The molecule has 1 aromatic rings. The number of aromatic nitrogens is 1. The molecule has 0 saturated carbocycles. The molecule has 0 radical (unpaired) electrons. The molecule has 0 aliphatic carbocycles. The van der Waals surface area contributed by atoms with Crippen molar-refractivity contribution in [3.05, 3.63) is 24.0 Å². The highest BCUT2D eigenvalue weighted by atomic mass is 16.4. The van der Waals surface area contributed by atoms with Crippen LogP contribution in [0.4, 0.5) is 5.69 Å². The van der Waals surface area contributed by atoms with Gasteiger partial charge in [-0.3, -0.25) is 4.98 Å². The average Bonchev–Trinajstić information content (AvgIpc) is 2.25. The van der Waals surface area contributed by atoms with Gasteiger partial charge < -0.3 is 14.9 Å². The summed E-state index contributed by atoms with van der Waals surface area (Å²) < 4.78 is 0. The quantitative estimate of drug-likeness (QED) is 0.799. The van der Waals surface area contributed by atoms with E-state index in [4.69, 9.17) is 5.11 Å². The molecule has 0 saturated heterocycles. The number of hydrogen-bond acceptors (Lipinski definition) is 4. The molecule has 0 atom stereocenters. The first kappa shape index (κ1) is 12.4. The predicted octanol–water partition coefficient (Wildman–Crippen LogP) is 0.778. The van der Waals surface area contributed by atoms with E-state index >= 15 is 0 Å². The number of carboxylic acid groups (broad SMARTS) is 1. The molecule has 1 N–H and O–H groups in total. The number of pyridine rings is 1. The fraction of sp³-hybridized carbons (Fsp3) is 0.455. The third-order valence-electron chi connectivity index (χ3n) is 2.32. The Morgan fingerprint density at radius 3 is 2.62 bits per heavy atom. The first-order chi connectivity index (χ1) is 7.52. The van der Waals surface area contributed by atoms with Gasteiger partial charge in [0.2, 0.25) is 0 Å². The fourth-order valence-electron chi connectivity index (χ4n) is 1.34. The monoisotopic (exact) mass is 223 g/mol. The summed E-state index contributed by atoms with van der Waals surface area (Å²) in [7, 11) is 5.83. The van der Waals surface area contributed by atoms with Crippen molar-refractivity contribution in [2.75, 3.05) is 39.1 Å². The minimum absolute atomic E-state index is 0.288.